The molecule has 0 aromatic heterocycles. The quantitative estimate of drug-likeness (QED) is 0.450. The number of amidine groups is 1. The van der Waals surface area contributed by atoms with E-state index in [9.17, 15) is 14.9 Å². The van der Waals surface area contributed by atoms with Gasteiger partial charge in [-0.05, 0) is 51.6 Å². The van der Waals surface area contributed by atoms with Crippen molar-refractivity contribution in [1.82, 2.24) is 4.90 Å². The highest BCUT2D eigenvalue weighted by atomic mass is 35.5. The fraction of sp³-hybridized carbons (Fsp3) is 0.375. The Morgan fingerprint density at radius 3 is 2.54 bits per heavy atom. The molecule has 8 heteroatoms. The maximum absolute atomic E-state index is 12.7. The largest absolute Gasteiger partial charge is 0.284 e. The summed E-state index contributed by atoms with van der Waals surface area (Å²) < 4.78 is 0. The van der Waals surface area contributed by atoms with Crippen molar-refractivity contribution in [2.45, 2.75) is 39.8 Å². The molecule has 0 radical (unpaired) electrons. The first-order valence-electron chi connectivity index (χ1n) is 7.45. The number of nitro benzene ring substituents is 1. The number of nitrogens with zero attached hydrogens (tertiary/aromatic N) is 3. The molecule has 0 saturated carbocycles. The normalized spacial score (nSPS) is 18.5. The molecule has 128 valence electrons. The van der Waals surface area contributed by atoms with Crippen molar-refractivity contribution >= 4 is 46.2 Å². The number of halogens is 1. The Hall–Kier alpha value is -1.86. The molecule has 1 saturated heterocycles. The Labute approximate surface area is 149 Å². The number of carbonyl (C=O) groups is 1. The maximum atomic E-state index is 12.7. The molecule has 0 bridgehead atoms. The molecule has 0 aliphatic carbocycles. The van der Waals surface area contributed by atoms with E-state index >= 15 is 0 Å². The molecule has 0 spiro atoms. The Morgan fingerprint density at radius 2 is 2.00 bits per heavy atom. The average molecular weight is 368 g/mol. The first kappa shape index (κ1) is 18.5. The standard InChI is InChI=1S/C16H18ClN3O3S/c1-9(2)18-16-19(10(3)4)15(21)14(24-16)8-11-7-12(20(22)23)5-6-13(11)17/h5-10H,1-4H3/b14-8+,18-16?. The van der Waals surface area contributed by atoms with Crippen molar-refractivity contribution in [2.24, 2.45) is 4.99 Å². The van der Waals surface area contributed by atoms with Gasteiger partial charge < -0.3 is 0 Å². The predicted molar refractivity (Wildman–Crippen MR) is 98.2 cm³/mol. The highest BCUT2D eigenvalue weighted by Gasteiger charge is 2.35. The number of rotatable bonds is 4. The van der Waals surface area contributed by atoms with Gasteiger partial charge >= 0.3 is 0 Å². The van der Waals surface area contributed by atoms with Crippen LogP contribution in [0.2, 0.25) is 5.02 Å². The van der Waals surface area contributed by atoms with E-state index in [1.165, 1.54) is 30.0 Å². The number of hydrogen-bond acceptors (Lipinski definition) is 5. The lowest BCUT2D eigenvalue weighted by atomic mass is 10.2. The number of non-ortho nitro benzene ring substituents is 1. The summed E-state index contributed by atoms with van der Waals surface area (Å²) in [6.07, 6.45) is 1.58. The van der Waals surface area contributed by atoms with E-state index in [0.717, 1.165) is 0 Å². The minimum absolute atomic E-state index is 0.0334. The van der Waals surface area contributed by atoms with Crippen LogP contribution in [0.5, 0.6) is 0 Å². The van der Waals surface area contributed by atoms with Gasteiger partial charge in [0.2, 0.25) is 0 Å². The number of nitro groups is 1. The number of amides is 1. The molecule has 1 aromatic carbocycles. The van der Waals surface area contributed by atoms with Gasteiger partial charge in [0.25, 0.3) is 11.6 Å². The van der Waals surface area contributed by atoms with Gasteiger partial charge in [-0.1, -0.05) is 11.6 Å². The molecule has 0 N–H and O–H groups in total. The highest BCUT2D eigenvalue weighted by Crippen LogP contribution is 2.35. The molecular formula is C16H18ClN3O3S. The molecule has 1 aliphatic rings. The smallest absolute Gasteiger partial charge is 0.270 e. The van der Waals surface area contributed by atoms with Crippen LogP contribution < -0.4 is 0 Å². The van der Waals surface area contributed by atoms with E-state index < -0.39 is 4.92 Å². The van der Waals surface area contributed by atoms with Crippen LogP contribution in [0.1, 0.15) is 33.3 Å². The first-order chi connectivity index (χ1) is 11.2. The Bertz CT molecular complexity index is 744. The van der Waals surface area contributed by atoms with Gasteiger partial charge in [0.15, 0.2) is 5.17 Å². The number of hydrogen-bond donors (Lipinski definition) is 0. The average Bonchev–Trinajstić information content (AvgIpc) is 2.76. The molecule has 0 unspecified atom stereocenters. The second-order valence-electron chi connectivity index (χ2n) is 5.85. The second-order valence-corrected chi connectivity index (χ2v) is 7.26. The van der Waals surface area contributed by atoms with E-state index in [0.29, 0.717) is 20.7 Å². The zero-order valence-corrected chi connectivity index (χ0v) is 15.4. The van der Waals surface area contributed by atoms with Gasteiger partial charge in [-0.15, -0.1) is 0 Å². The van der Waals surface area contributed by atoms with Crippen LogP contribution >= 0.6 is 23.4 Å². The van der Waals surface area contributed by atoms with Gasteiger partial charge in [-0.25, -0.2) is 0 Å². The molecule has 1 heterocycles. The molecule has 6 nitrogen and oxygen atoms in total. The summed E-state index contributed by atoms with van der Waals surface area (Å²) in [5, 5.41) is 11.9. The van der Waals surface area contributed by atoms with Crippen LogP contribution in [0.4, 0.5) is 5.69 Å². The summed E-state index contributed by atoms with van der Waals surface area (Å²) >= 11 is 7.38. The van der Waals surface area contributed by atoms with Gasteiger partial charge in [-0.2, -0.15) is 0 Å². The highest BCUT2D eigenvalue weighted by molar-refractivity contribution is 8.18. The zero-order chi connectivity index (χ0) is 18.0. The van der Waals surface area contributed by atoms with E-state index in [1.807, 2.05) is 27.7 Å². The van der Waals surface area contributed by atoms with Crippen LogP contribution in [0.15, 0.2) is 28.1 Å². The fourth-order valence-corrected chi connectivity index (χ4v) is 3.55. The molecule has 1 amide bonds. The number of aliphatic imine (C=N–C) groups is 1. The molecule has 1 fully saturated rings. The van der Waals surface area contributed by atoms with Gasteiger partial charge in [-0.3, -0.25) is 24.8 Å². The third-order valence-electron chi connectivity index (χ3n) is 3.20. The van der Waals surface area contributed by atoms with Gasteiger partial charge in [0.1, 0.15) is 0 Å². The summed E-state index contributed by atoms with van der Waals surface area (Å²) in [7, 11) is 0. The van der Waals surface area contributed by atoms with E-state index in [2.05, 4.69) is 4.99 Å². The van der Waals surface area contributed by atoms with E-state index in [4.69, 9.17) is 11.6 Å². The van der Waals surface area contributed by atoms with Crippen LogP contribution in [-0.2, 0) is 4.79 Å². The molecular weight excluding hydrogens is 350 g/mol. The predicted octanol–water partition coefficient (Wildman–Crippen LogP) is 4.34. The van der Waals surface area contributed by atoms with Crippen LogP contribution in [0.25, 0.3) is 6.08 Å². The molecule has 2 rings (SSSR count). The minimum Gasteiger partial charge on any atom is -0.284 e. The monoisotopic (exact) mass is 367 g/mol. The molecule has 1 aromatic rings. The number of carbonyl (C=O) groups excluding carboxylic acids is 1. The Balaban J connectivity index is 2.46. The fourth-order valence-electron chi connectivity index (χ4n) is 2.15. The Kier molecular flexibility index (Phi) is 5.66. The second kappa shape index (κ2) is 7.36. The third kappa shape index (κ3) is 3.96. The van der Waals surface area contributed by atoms with Crippen molar-refractivity contribution < 1.29 is 9.72 Å². The van der Waals surface area contributed by atoms with Crippen LogP contribution in [-0.4, -0.2) is 33.0 Å². The van der Waals surface area contributed by atoms with Crippen molar-refractivity contribution in [3.63, 3.8) is 0 Å². The third-order valence-corrected chi connectivity index (χ3v) is 4.54. The molecule has 1 aliphatic heterocycles. The first-order valence-corrected chi connectivity index (χ1v) is 8.65. The lowest BCUT2D eigenvalue weighted by Gasteiger charge is -2.20. The van der Waals surface area contributed by atoms with Gasteiger partial charge in [0, 0.05) is 34.8 Å². The summed E-state index contributed by atoms with van der Waals surface area (Å²) in [4.78, 5) is 29.7. The van der Waals surface area contributed by atoms with Crippen LogP contribution in [0.3, 0.4) is 0 Å². The summed E-state index contributed by atoms with van der Waals surface area (Å²) in [6.45, 7) is 7.71. The number of benzene rings is 1. The van der Waals surface area contributed by atoms with Gasteiger partial charge in [0.05, 0.1) is 9.83 Å². The lowest BCUT2D eigenvalue weighted by molar-refractivity contribution is -0.384. The topological polar surface area (TPSA) is 75.8 Å². The number of thioether (sulfide) groups is 1. The lowest BCUT2D eigenvalue weighted by Crippen LogP contribution is -2.35. The molecule has 0 atom stereocenters. The van der Waals surface area contributed by atoms with Crippen molar-refractivity contribution in [3.8, 4) is 0 Å². The zero-order valence-electron chi connectivity index (χ0n) is 13.8. The van der Waals surface area contributed by atoms with Crippen molar-refractivity contribution in [1.29, 1.82) is 0 Å². The molecule has 24 heavy (non-hydrogen) atoms. The van der Waals surface area contributed by atoms with E-state index in [1.54, 1.807) is 11.0 Å². The van der Waals surface area contributed by atoms with Crippen molar-refractivity contribution in [2.75, 3.05) is 0 Å². The minimum atomic E-state index is -0.492. The maximum Gasteiger partial charge on any atom is 0.270 e. The SMILES string of the molecule is CC(C)N=C1S/C(=C/c2cc([N+](=O)[O-])ccc2Cl)C(=O)N1C(C)C. The summed E-state index contributed by atoms with van der Waals surface area (Å²) in [5.41, 5.74) is 0.370. The van der Waals surface area contributed by atoms with Crippen molar-refractivity contribution in [3.05, 3.63) is 43.8 Å². The van der Waals surface area contributed by atoms with E-state index in [-0.39, 0.29) is 23.7 Å². The summed E-state index contributed by atoms with van der Waals surface area (Å²) in [6, 6.07) is 4.18. The summed E-state index contributed by atoms with van der Waals surface area (Å²) in [5.74, 6) is -0.169. The van der Waals surface area contributed by atoms with Crippen LogP contribution in [0, 0.1) is 10.1 Å². The Morgan fingerprint density at radius 1 is 1.33 bits per heavy atom.